The predicted octanol–water partition coefficient (Wildman–Crippen LogP) is -0.205. The fraction of sp³-hybridized carbons (Fsp3) is 0.778. The molecule has 2 unspecified atom stereocenters. The molecule has 1 saturated heterocycles. The normalized spacial score (nSPS) is 24.9. The smallest absolute Gasteiger partial charge is 0.323 e. The van der Waals surface area contributed by atoms with Crippen LogP contribution in [0.5, 0.6) is 0 Å². The maximum Gasteiger partial charge on any atom is 0.323 e. The molecule has 0 spiro atoms. The number of carbonyl (C=O) groups excluding carboxylic acids is 1. The zero-order chi connectivity index (χ0) is 11.3. The van der Waals surface area contributed by atoms with Crippen LogP contribution in [-0.2, 0) is 9.53 Å². The van der Waals surface area contributed by atoms with Crippen LogP contribution in [0, 0.1) is 5.92 Å². The van der Waals surface area contributed by atoms with Gasteiger partial charge in [0.15, 0.2) is 0 Å². The number of hydrogen-bond acceptors (Lipinski definition) is 3. The number of amides is 2. The topological polar surface area (TPSA) is 87.7 Å². The van der Waals surface area contributed by atoms with Crippen LogP contribution in [0.3, 0.4) is 0 Å². The first kappa shape index (κ1) is 11.8. The second kappa shape index (κ2) is 5.55. The van der Waals surface area contributed by atoms with E-state index in [1.54, 1.807) is 0 Å². The van der Waals surface area contributed by atoms with Gasteiger partial charge < -0.3 is 20.5 Å². The first-order valence-corrected chi connectivity index (χ1v) is 4.94. The molecule has 0 aromatic carbocycles. The lowest BCUT2D eigenvalue weighted by Crippen LogP contribution is -2.41. The van der Waals surface area contributed by atoms with Crippen LogP contribution in [0.1, 0.15) is 13.3 Å². The molecule has 1 heterocycles. The molecule has 0 aromatic heterocycles. The lowest BCUT2D eigenvalue weighted by atomic mass is 10.0. The van der Waals surface area contributed by atoms with Crippen LogP contribution in [0.2, 0.25) is 0 Å². The van der Waals surface area contributed by atoms with Crippen LogP contribution in [0.15, 0.2) is 0 Å². The Balaban J connectivity index is 2.13. The molecule has 0 aromatic rings. The summed E-state index contributed by atoms with van der Waals surface area (Å²) in [4.78, 5) is 21.2. The predicted molar refractivity (Wildman–Crippen MR) is 52.6 cm³/mol. The molecule has 1 aliphatic rings. The Morgan fingerprint density at radius 1 is 1.47 bits per heavy atom. The summed E-state index contributed by atoms with van der Waals surface area (Å²) in [6.45, 7) is 2.86. The quantitative estimate of drug-likeness (QED) is 0.607. The summed E-state index contributed by atoms with van der Waals surface area (Å²) in [7, 11) is 0. The minimum Gasteiger partial charge on any atom is -0.480 e. The molecule has 2 atom stereocenters. The first-order valence-electron chi connectivity index (χ1n) is 4.94. The van der Waals surface area contributed by atoms with E-state index in [-0.39, 0.29) is 12.6 Å². The van der Waals surface area contributed by atoms with E-state index in [2.05, 4.69) is 10.6 Å². The molecule has 0 radical (unpaired) electrons. The van der Waals surface area contributed by atoms with Gasteiger partial charge in [0, 0.05) is 19.1 Å². The van der Waals surface area contributed by atoms with Crippen molar-refractivity contribution in [1.29, 1.82) is 0 Å². The Kier molecular flexibility index (Phi) is 4.36. The van der Waals surface area contributed by atoms with Crippen molar-refractivity contribution in [2.45, 2.75) is 19.4 Å². The molecule has 1 aliphatic heterocycles. The van der Waals surface area contributed by atoms with Crippen molar-refractivity contribution < 1.29 is 19.4 Å². The monoisotopic (exact) mass is 216 g/mol. The van der Waals surface area contributed by atoms with Crippen molar-refractivity contribution in [2.24, 2.45) is 5.92 Å². The van der Waals surface area contributed by atoms with Crippen LogP contribution in [-0.4, -0.2) is 42.9 Å². The summed E-state index contributed by atoms with van der Waals surface area (Å²) in [5, 5.41) is 13.2. The largest absolute Gasteiger partial charge is 0.480 e. The lowest BCUT2D eigenvalue weighted by molar-refractivity contribution is -0.135. The minimum absolute atomic E-state index is 0.157. The molecule has 0 aliphatic carbocycles. The Morgan fingerprint density at radius 2 is 2.20 bits per heavy atom. The van der Waals surface area contributed by atoms with Gasteiger partial charge in [-0.2, -0.15) is 0 Å². The highest BCUT2D eigenvalue weighted by Crippen LogP contribution is 2.18. The van der Waals surface area contributed by atoms with Crippen molar-refractivity contribution >= 4 is 12.0 Å². The van der Waals surface area contributed by atoms with E-state index in [9.17, 15) is 9.59 Å². The highest BCUT2D eigenvalue weighted by atomic mass is 16.5. The summed E-state index contributed by atoms with van der Waals surface area (Å²) in [6, 6.07) is -0.448. The van der Waals surface area contributed by atoms with E-state index < -0.39 is 12.0 Å². The number of carboxylic acids is 1. The molecule has 6 nitrogen and oxygen atoms in total. The van der Waals surface area contributed by atoms with Crippen molar-refractivity contribution in [3.05, 3.63) is 0 Å². The fourth-order valence-corrected chi connectivity index (χ4v) is 1.49. The Labute approximate surface area is 88.0 Å². The maximum absolute atomic E-state index is 11.1. The molecule has 6 heteroatoms. The molecule has 1 fully saturated rings. The number of aliphatic carboxylic acids is 1. The van der Waals surface area contributed by atoms with E-state index in [1.165, 1.54) is 0 Å². The summed E-state index contributed by atoms with van der Waals surface area (Å²) in [5.41, 5.74) is 0. The van der Waals surface area contributed by atoms with Crippen LogP contribution >= 0.6 is 0 Å². The summed E-state index contributed by atoms with van der Waals surface area (Å²) >= 11 is 0. The molecule has 15 heavy (non-hydrogen) atoms. The zero-order valence-corrected chi connectivity index (χ0v) is 8.66. The molecule has 0 saturated carbocycles. The highest BCUT2D eigenvalue weighted by molar-refractivity contribution is 5.79. The van der Waals surface area contributed by atoms with E-state index in [0.29, 0.717) is 12.5 Å². The van der Waals surface area contributed by atoms with Crippen molar-refractivity contribution in [1.82, 2.24) is 10.6 Å². The second-order valence-corrected chi connectivity index (χ2v) is 3.58. The molecule has 0 bridgehead atoms. The van der Waals surface area contributed by atoms with Gasteiger partial charge in [-0.15, -0.1) is 0 Å². The van der Waals surface area contributed by atoms with Gasteiger partial charge >= 0.3 is 12.0 Å². The zero-order valence-electron chi connectivity index (χ0n) is 8.66. The minimum atomic E-state index is -1.05. The number of hydrogen-bond donors (Lipinski definition) is 3. The van der Waals surface area contributed by atoms with Crippen LogP contribution in [0.4, 0.5) is 4.79 Å². The third-order valence-electron chi connectivity index (χ3n) is 2.46. The summed E-state index contributed by atoms with van der Waals surface area (Å²) < 4.78 is 5.33. The number of nitrogens with one attached hydrogen (secondary N) is 2. The lowest BCUT2D eigenvalue weighted by Gasteiger charge is -2.14. The molecular formula is C9H16N2O4. The molecule has 3 N–H and O–H groups in total. The average Bonchev–Trinajstić information content (AvgIpc) is 2.58. The van der Waals surface area contributed by atoms with Crippen molar-refractivity contribution in [3.8, 4) is 0 Å². The van der Waals surface area contributed by atoms with Gasteiger partial charge in [0.2, 0.25) is 0 Å². The van der Waals surface area contributed by atoms with Crippen LogP contribution in [0.25, 0.3) is 0 Å². The number of ether oxygens (including phenoxy) is 1. The number of carbonyl (C=O) groups is 2. The summed E-state index contributed by atoms with van der Waals surface area (Å²) in [5.74, 6) is -0.733. The second-order valence-electron chi connectivity index (χ2n) is 3.58. The standard InChI is InChI=1S/C9H16N2O4/c1-6-7(2-3-15-6)4-10-9(14)11-5-8(12)13/h6-7H,2-5H2,1H3,(H,12,13)(H2,10,11,14). The third kappa shape index (κ3) is 4.16. The highest BCUT2D eigenvalue weighted by Gasteiger charge is 2.24. The van der Waals surface area contributed by atoms with Gasteiger partial charge in [0.1, 0.15) is 6.54 Å². The van der Waals surface area contributed by atoms with E-state index in [4.69, 9.17) is 9.84 Å². The maximum atomic E-state index is 11.1. The number of carboxylic acid groups (broad SMARTS) is 1. The van der Waals surface area contributed by atoms with Gasteiger partial charge in [0.25, 0.3) is 0 Å². The van der Waals surface area contributed by atoms with Crippen molar-refractivity contribution in [2.75, 3.05) is 19.7 Å². The van der Waals surface area contributed by atoms with Crippen molar-refractivity contribution in [3.63, 3.8) is 0 Å². The summed E-state index contributed by atoms with van der Waals surface area (Å²) in [6.07, 6.45) is 1.09. The van der Waals surface area contributed by atoms with E-state index in [0.717, 1.165) is 13.0 Å². The van der Waals surface area contributed by atoms with E-state index >= 15 is 0 Å². The van der Waals surface area contributed by atoms with Crippen LogP contribution < -0.4 is 10.6 Å². The SMILES string of the molecule is CC1OCCC1CNC(=O)NCC(=O)O. The van der Waals surface area contributed by atoms with Gasteiger partial charge in [0.05, 0.1) is 6.10 Å². The fourth-order valence-electron chi connectivity index (χ4n) is 1.49. The van der Waals surface area contributed by atoms with Gasteiger partial charge in [-0.05, 0) is 13.3 Å². The Morgan fingerprint density at radius 3 is 2.73 bits per heavy atom. The Bertz CT molecular complexity index is 244. The number of rotatable bonds is 4. The van der Waals surface area contributed by atoms with Gasteiger partial charge in [-0.3, -0.25) is 4.79 Å². The molecular weight excluding hydrogens is 200 g/mol. The van der Waals surface area contributed by atoms with Gasteiger partial charge in [-0.25, -0.2) is 4.79 Å². The first-order chi connectivity index (χ1) is 7.09. The van der Waals surface area contributed by atoms with Gasteiger partial charge in [-0.1, -0.05) is 0 Å². The third-order valence-corrected chi connectivity index (χ3v) is 2.46. The average molecular weight is 216 g/mol. The number of urea groups is 1. The molecule has 1 rings (SSSR count). The van der Waals surface area contributed by atoms with E-state index in [1.807, 2.05) is 6.92 Å². The Hall–Kier alpha value is -1.30. The molecule has 86 valence electrons. The molecule has 2 amide bonds.